The van der Waals surface area contributed by atoms with Gasteiger partial charge in [0.2, 0.25) is 0 Å². The Morgan fingerprint density at radius 3 is 2.28 bits per heavy atom. The Morgan fingerprint density at radius 2 is 1.62 bits per heavy atom. The molecule has 2 atom stereocenters. The molecule has 2 N–H and O–H groups in total. The van der Waals surface area contributed by atoms with Gasteiger partial charge in [0.1, 0.15) is 18.4 Å². The summed E-state index contributed by atoms with van der Waals surface area (Å²) in [5.41, 5.74) is 4.36. The molecular weight excluding hydrogens is 494 g/mol. The molecule has 1 heterocycles. The molecule has 5 rings (SSSR count). The highest BCUT2D eigenvalue weighted by Crippen LogP contribution is 2.37. The number of aliphatic hydroxyl groups is 1. The van der Waals surface area contributed by atoms with Gasteiger partial charge in [-0.25, -0.2) is 4.79 Å². The predicted molar refractivity (Wildman–Crippen MR) is 146 cm³/mol. The normalized spacial score (nSPS) is 21.6. The maximum Gasteiger partial charge on any atom is 0.326 e. The van der Waals surface area contributed by atoms with Crippen LogP contribution in [0.4, 0.5) is 0 Å². The Kier molecular flexibility index (Phi) is 8.29. The van der Waals surface area contributed by atoms with Gasteiger partial charge in [-0.2, -0.15) is 0 Å². The summed E-state index contributed by atoms with van der Waals surface area (Å²) in [5.74, 6) is -0.735. The molecule has 1 saturated carbocycles. The molecule has 1 aliphatic carbocycles. The molecule has 7 nitrogen and oxygen atoms in total. The van der Waals surface area contributed by atoms with Crippen molar-refractivity contribution < 1.29 is 29.3 Å². The zero-order valence-electron chi connectivity index (χ0n) is 22.2. The molecule has 7 heteroatoms. The number of aryl methyl sites for hydroxylation is 1. The standard InChI is InChI=1S/C32H35NO6/c1-21-12-13-24-19-33(28(32(36)37)18-27(24)29(21)38-20-22-8-4-2-5-9-22)31(35)30(23-10-6-3-7-11-23)39-26-16-14-25(34)15-17-26/h2-13,25-26,28,30,34H,14-20H2,1H3,(H,36,37)/t25?,26?,28-,30-/m0/s1. The summed E-state index contributed by atoms with van der Waals surface area (Å²) in [6.45, 7) is 2.48. The number of carboxylic acid groups (broad SMARTS) is 1. The van der Waals surface area contributed by atoms with Gasteiger partial charge < -0.3 is 24.6 Å². The Balaban J connectivity index is 1.43. The number of aliphatic hydroxyl groups excluding tert-OH is 1. The third-order valence-corrected chi connectivity index (χ3v) is 7.76. The maximum absolute atomic E-state index is 14.1. The Bertz CT molecular complexity index is 1290. The zero-order valence-corrected chi connectivity index (χ0v) is 22.2. The molecule has 204 valence electrons. The summed E-state index contributed by atoms with van der Waals surface area (Å²) in [6.07, 6.45) is 1.28. The third-order valence-electron chi connectivity index (χ3n) is 7.76. The first-order chi connectivity index (χ1) is 18.9. The lowest BCUT2D eigenvalue weighted by molar-refractivity contribution is -0.161. The summed E-state index contributed by atoms with van der Waals surface area (Å²) < 4.78 is 12.6. The van der Waals surface area contributed by atoms with Crippen molar-refractivity contribution in [1.82, 2.24) is 4.90 Å². The fourth-order valence-corrected chi connectivity index (χ4v) is 5.57. The minimum Gasteiger partial charge on any atom is -0.488 e. The molecular formula is C32H35NO6. The second-order valence-electron chi connectivity index (χ2n) is 10.5. The van der Waals surface area contributed by atoms with Crippen molar-refractivity contribution in [3.05, 3.63) is 101 Å². The van der Waals surface area contributed by atoms with E-state index in [4.69, 9.17) is 9.47 Å². The number of benzene rings is 3. The van der Waals surface area contributed by atoms with E-state index in [0.29, 0.717) is 43.6 Å². The quantitative estimate of drug-likeness (QED) is 0.428. The molecule has 1 fully saturated rings. The molecule has 3 aromatic rings. The zero-order chi connectivity index (χ0) is 27.4. The highest BCUT2D eigenvalue weighted by Gasteiger charge is 2.40. The third kappa shape index (κ3) is 6.15. The fourth-order valence-electron chi connectivity index (χ4n) is 5.57. The van der Waals surface area contributed by atoms with Crippen LogP contribution in [0.1, 0.15) is 59.6 Å². The van der Waals surface area contributed by atoms with Crippen molar-refractivity contribution in [3.8, 4) is 5.75 Å². The number of hydrogen-bond donors (Lipinski definition) is 2. The topological polar surface area (TPSA) is 96.3 Å². The molecule has 0 spiro atoms. The van der Waals surface area contributed by atoms with Crippen molar-refractivity contribution >= 4 is 11.9 Å². The number of fused-ring (bicyclic) bond motifs is 1. The number of aliphatic carboxylic acids is 1. The lowest BCUT2D eigenvalue weighted by Gasteiger charge is -2.38. The largest absolute Gasteiger partial charge is 0.488 e. The average molecular weight is 530 g/mol. The number of carbonyl (C=O) groups excluding carboxylic acids is 1. The molecule has 3 aromatic carbocycles. The molecule has 0 radical (unpaired) electrons. The molecule has 0 aromatic heterocycles. The molecule has 0 bridgehead atoms. The van der Waals surface area contributed by atoms with Crippen molar-refractivity contribution in [1.29, 1.82) is 0 Å². The van der Waals surface area contributed by atoms with E-state index in [-0.39, 0.29) is 31.1 Å². The van der Waals surface area contributed by atoms with E-state index in [2.05, 4.69) is 0 Å². The SMILES string of the molecule is Cc1ccc2c(c1OCc1ccccc1)C[C@@H](C(=O)O)N(C(=O)[C@@H](OC1CCC(O)CC1)c1ccccc1)C2. The van der Waals surface area contributed by atoms with Gasteiger partial charge in [-0.1, -0.05) is 72.8 Å². The Hall–Kier alpha value is -3.68. The van der Waals surface area contributed by atoms with Gasteiger partial charge in [0, 0.05) is 18.5 Å². The van der Waals surface area contributed by atoms with Gasteiger partial charge >= 0.3 is 5.97 Å². The van der Waals surface area contributed by atoms with E-state index >= 15 is 0 Å². The lowest BCUT2D eigenvalue weighted by atomic mass is 9.90. The van der Waals surface area contributed by atoms with Gasteiger partial charge in [-0.15, -0.1) is 0 Å². The van der Waals surface area contributed by atoms with Crippen LogP contribution < -0.4 is 4.74 Å². The number of carboxylic acids is 1. The van der Waals surface area contributed by atoms with Crippen LogP contribution in [0.2, 0.25) is 0 Å². The number of hydrogen-bond acceptors (Lipinski definition) is 5. The summed E-state index contributed by atoms with van der Waals surface area (Å²) in [5, 5.41) is 20.2. The summed E-state index contributed by atoms with van der Waals surface area (Å²) in [6, 6.07) is 22.0. The molecule has 0 unspecified atom stereocenters. The number of rotatable bonds is 8. The van der Waals surface area contributed by atoms with Crippen LogP contribution in [0.5, 0.6) is 5.75 Å². The van der Waals surface area contributed by atoms with Gasteiger partial charge in [0.05, 0.1) is 12.2 Å². The molecule has 0 saturated heterocycles. The first-order valence-electron chi connectivity index (χ1n) is 13.6. The molecule has 2 aliphatic rings. The fraction of sp³-hybridized carbons (Fsp3) is 0.375. The first kappa shape index (κ1) is 26.9. The van der Waals surface area contributed by atoms with Crippen LogP contribution in [-0.2, 0) is 33.9 Å². The lowest BCUT2D eigenvalue weighted by Crippen LogP contribution is -2.51. The van der Waals surface area contributed by atoms with Gasteiger partial charge in [-0.05, 0) is 54.9 Å². The van der Waals surface area contributed by atoms with Crippen LogP contribution in [0.25, 0.3) is 0 Å². The second-order valence-corrected chi connectivity index (χ2v) is 10.5. The molecule has 39 heavy (non-hydrogen) atoms. The number of carbonyl (C=O) groups is 2. The maximum atomic E-state index is 14.1. The highest BCUT2D eigenvalue weighted by molar-refractivity contribution is 5.88. The van der Waals surface area contributed by atoms with Crippen LogP contribution in [-0.4, -0.2) is 45.2 Å². The van der Waals surface area contributed by atoms with Crippen molar-refractivity contribution in [2.45, 2.75) is 76.5 Å². The van der Waals surface area contributed by atoms with Crippen LogP contribution in [0.15, 0.2) is 72.8 Å². The van der Waals surface area contributed by atoms with E-state index in [1.54, 1.807) is 0 Å². The van der Waals surface area contributed by atoms with E-state index in [9.17, 15) is 19.8 Å². The van der Waals surface area contributed by atoms with E-state index in [1.807, 2.05) is 79.7 Å². The average Bonchev–Trinajstić information content (AvgIpc) is 2.96. The smallest absolute Gasteiger partial charge is 0.326 e. The molecule has 1 amide bonds. The minimum absolute atomic E-state index is 0.152. The van der Waals surface area contributed by atoms with Crippen molar-refractivity contribution in [2.24, 2.45) is 0 Å². The van der Waals surface area contributed by atoms with E-state index in [0.717, 1.165) is 22.3 Å². The predicted octanol–water partition coefficient (Wildman–Crippen LogP) is 4.97. The van der Waals surface area contributed by atoms with E-state index in [1.165, 1.54) is 4.90 Å². The van der Waals surface area contributed by atoms with E-state index < -0.39 is 18.1 Å². The first-order valence-corrected chi connectivity index (χ1v) is 13.6. The second kappa shape index (κ2) is 12.0. The summed E-state index contributed by atoms with van der Waals surface area (Å²) in [4.78, 5) is 28.1. The summed E-state index contributed by atoms with van der Waals surface area (Å²) >= 11 is 0. The van der Waals surface area contributed by atoms with Gasteiger partial charge in [0.25, 0.3) is 5.91 Å². The van der Waals surface area contributed by atoms with Crippen molar-refractivity contribution in [2.75, 3.05) is 0 Å². The Labute approximate surface area is 229 Å². The van der Waals surface area contributed by atoms with Crippen LogP contribution >= 0.6 is 0 Å². The number of ether oxygens (including phenoxy) is 2. The molecule has 1 aliphatic heterocycles. The van der Waals surface area contributed by atoms with Crippen LogP contribution in [0.3, 0.4) is 0 Å². The Morgan fingerprint density at radius 1 is 0.949 bits per heavy atom. The highest BCUT2D eigenvalue weighted by atomic mass is 16.5. The van der Waals surface area contributed by atoms with Crippen molar-refractivity contribution in [3.63, 3.8) is 0 Å². The summed E-state index contributed by atoms with van der Waals surface area (Å²) in [7, 11) is 0. The van der Waals surface area contributed by atoms with Gasteiger partial charge in [-0.3, -0.25) is 4.79 Å². The monoisotopic (exact) mass is 529 g/mol. The number of nitrogens with zero attached hydrogens (tertiary/aromatic N) is 1. The van der Waals surface area contributed by atoms with Gasteiger partial charge in [0.15, 0.2) is 6.10 Å². The minimum atomic E-state index is -1.06. The number of amides is 1. The van der Waals surface area contributed by atoms with Crippen LogP contribution in [0, 0.1) is 6.92 Å².